The second-order valence-corrected chi connectivity index (χ2v) is 5.58. The molecule has 1 aliphatic heterocycles. The molecule has 102 valence electrons. The maximum Gasteiger partial charge on any atom is 0.231 e. The summed E-state index contributed by atoms with van der Waals surface area (Å²) >= 11 is 12.2. The van der Waals surface area contributed by atoms with Gasteiger partial charge in [-0.1, -0.05) is 35.3 Å². The Kier molecular flexibility index (Phi) is 3.32. The van der Waals surface area contributed by atoms with Crippen LogP contribution in [0.2, 0.25) is 10.0 Å². The van der Waals surface area contributed by atoms with Crippen molar-refractivity contribution in [3.8, 4) is 0 Å². The van der Waals surface area contributed by atoms with Gasteiger partial charge in [-0.2, -0.15) is 0 Å². The number of carbonyl (C=O) groups is 1. The molecular weight excluding hydrogens is 295 g/mol. The molecule has 2 aromatic carbocycles. The Morgan fingerprint density at radius 1 is 1.20 bits per heavy atom. The van der Waals surface area contributed by atoms with Crippen LogP contribution in [0.1, 0.15) is 11.1 Å². The van der Waals surface area contributed by atoms with Crippen LogP contribution in [0.5, 0.6) is 0 Å². The first-order chi connectivity index (χ1) is 9.56. The maximum atomic E-state index is 12.2. The number of nitrogens with zero attached hydrogens (tertiary/aromatic N) is 1. The number of anilines is 2. The van der Waals surface area contributed by atoms with Gasteiger partial charge in [0.1, 0.15) is 0 Å². The predicted molar refractivity (Wildman–Crippen MR) is 82.2 cm³/mol. The van der Waals surface area contributed by atoms with E-state index in [2.05, 4.69) is 0 Å². The monoisotopic (exact) mass is 306 g/mol. The fourth-order valence-electron chi connectivity index (χ4n) is 2.40. The highest BCUT2D eigenvalue weighted by Gasteiger charge is 2.28. The molecule has 0 radical (unpaired) electrons. The van der Waals surface area contributed by atoms with Crippen LogP contribution in [0.3, 0.4) is 0 Å². The summed E-state index contributed by atoms with van der Waals surface area (Å²) in [5.41, 5.74) is 9.10. The van der Waals surface area contributed by atoms with Gasteiger partial charge < -0.3 is 10.6 Å². The Morgan fingerprint density at radius 3 is 2.75 bits per heavy atom. The van der Waals surface area contributed by atoms with Gasteiger partial charge in [-0.25, -0.2) is 0 Å². The highest BCUT2D eigenvalue weighted by Crippen LogP contribution is 2.34. The third kappa shape index (κ3) is 2.23. The van der Waals surface area contributed by atoms with Crippen LogP contribution >= 0.6 is 23.2 Å². The van der Waals surface area contributed by atoms with E-state index < -0.39 is 0 Å². The summed E-state index contributed by atoms with van der Waals surface area (Å²) < 4.78 is 0. The first kappa shape index (κ1) is 13.3. The molecular formula is C15H12Cl2N2O. The molecule has 5 heteroatoms. The maximum absolute atomic E-state index is 12.2. The number of halogens is 2. The lowest BCUT2D eigenvalue weighted by Crippen LogP contribution is -2.26. The van der Waals surface area contributed by atoms with Crippen LogP contribution in [-0.4, -0.2) is 5.91 Å². The van der Waals surface area contributed by atoms with Crippen LogP contribution in [0, 0.1) is 0 Å². The van der Waals surface area contributed by atoms with Gasteiger partial charge in [-0.15, -0.1) is 0 Å². The van der Waals surface area contributed by atoms with Crippen molar-refractivity contribution in [2.45, 2.75) is 13.0 Å². The minimum atomic E-state index is 0.0292. The lowest BCUT2D eigenvalue weighted by Gasteiger charge is -2.19. The Balaban J connectivity index is 2.00. The van der Waals surface area contributed by atoms with Gasteiger partial charge in [0.2, 0.25) is 5.91 Å². The van der Waals surface area contributed by atoms with E-state index in [9.17, 15) is 4.79 Å². The molecule has 0 bridgehead atoms. The van der Waals surface area contributed by atoms with Crippen molar-refractivity contribution in [3.63, 3.8) is 0 Å². The van der Waals surface area contributed by atoms with Crippen molar-refractivity contribution in [1.29, 1.82) is 0 Å². The van der Waals surface area contributed by atoms with Crippen molar-refractivity contribution >= 4 is 40.5 Å². The third-order valence-corrected chi connectivity index (χ3v) is 4.04. The zero-order chi connectivity index (χ0) is 14.3. The average molecular weight is 307 g/mol. The Morgan fingerprint density at radius 2 is 2.00 bits per heavy atom. The summed E-state index contributed by atoms with van der Waals surface area (Å²) in [6.45, 7) is 0.359. The molecule has 0 saturated heterocycles. The normalized spacial score (nSPS) is 13.7. The topological polar surface area (TPSA) is 46.3 Å². The number of rotatable bonds is 2. The molecule has 0 saturated carbocycles. The van der Waals surface area contributed by atoms with E-state index in [1.807, 2.05) is 6.07 Å². The molecule has 0 fully saturated rings. The second-order valence-electron chi connectivity index (χ2n) is 4.74. The lowest BCUT2D eigenvalue weighted by atomic mass is 10.1. The summed E-state index contributed by atoms with van der Waals surface area (Å²) in [7, 11) is 0. The summed E-state index contributed by atoms with van der Waals surface area (Å²) in [4.78, 5) is 13.8. The number of hydrogen-bond donors (Lipinski definition) is 1. The van der Waals surface area contributed by atoms with Crippen molar-refractivity contribution < 1.29 is 4.79 Å². The molecule has 1 heterocycles. The number of benzene rings is 2. The van der Waals surface area contributed by atoms with E-state index in [0.29, 0.717) is 28.7 Å². The smallest absolute Gasteiger partial charge is 0.231 e. The SMILES string of the molecule is Nc1cccc(Cl)c1CN1C(=O)Cc2ccc(Cl)cc21. The van der Waals surface area contributed by atoms with Gasteiger partial charge in [0.05, 0.1) is 13.0 Å². The molecule has 0 unspecified atom stereocenters. The molecule has 0 atom stereocenters. The zero-order valence-electron chi connectivity index (χ0n) is 10.6. The standard InChI is InChI=1S/C15H12Cl2N2O/c16-10-5-4-9-6-15(20)19(14(9)7-10)8-11-12(17)2-1-3-13(11)18/h1-5,7H,6,8,18H2. The number of fused-ring (bicyclic) bond motifs is 1. The van der Waals surface area contributed by atoms with Gasteiger partial charge in [0.15, 0.2) is 0 Å². The van der Waals surface area contributed by atoms with E-state index in [1.54, 1.807) is 35.2 Å². The molecule has 3 nitrogen and oxygen atoms in total. The van der Waals surface area contributed by atoms with E-state index >= 15 is 0 Å². The van der Waals surface area contributed by atoms with Crippen molar-refractivity contribution in [2.75, 3.05) is 10.6 Å². The first-order valence-electron chi connectivity index (χ1n) is 6.18. The van der Waals surface area contributed by atoms with E-state index in [1.165, 1.54) is 0 Å². The Bertz CT molecular complexity index is 680. The fourth-order valence-corrected chi connectivity index (χ4v) is 2.81. The van der Waals surface area contributed by atoms with Gasteiger partial charge in [-0.05, 0) is 29.8 Å². The van der Waals surface area contributed by atoms with E-state index in [0.717, 1.165) is 16.8 Å². The highest BCUT2D eigenvalue weighted by molar-refractivity contribution is 6.32. The third-order valence-electron chi connectivity index (χ3n) is 3.45. The number of nitrogen functional groups attached to an aromatic ring is 1. The largest absolute Gasteiger partial charge is 0.398 e. The van der Waals surface area contributed by atoms with E-state index in [-0.39, 0.29) is 5.91 Å². The molecule has 3 rings (SSSR count). The number of carbonyl (C=O) groups excluding carboxylic acids is 1. The first-order valence-corrected chi connectivity index (χ1v) is 6.93. The molecule has 0 aromatic heterocycles. The van der Waals surface area contributed by atoms with Gasteiger partial charge in [0, 0.05) is 27.0 Å². The number of hydrogen-bond acceptors (Lipinski definition) is 2. The van der Waals surface area contributed by atoms with Crippen molar-refractivity contribution in [3.05, 3.63) is 57.6 Å². The van der Waals surface area contributed by atoms with Crippen LogP contribution in [0.25, 0.3) is 0 Å². The fraction of sp³-hybridized carbons (Fsp3) is 0.133. The predicted octanol–water partition coefficient (Wildman–Crippen LogP) is 3.66. The van der Waals surface area contributed by atoms with Crippen LogP contribution in [-0.2, 0) is 17.8 Å². The molecule has 20 heavy (non-hydrogen) atoms. The van der Waals surface area contributed by atoms with Gasteiger partial charge in [-0.3, -0.25) is 4.79 Å². The Hall–Kier alpha value is -1.71. The highest BCUT2D eigenvalue weighted by atomic mass is 35.5. The molecule has 0 aliphatic carbocycles. The molecule has 0 spiro atoms. The average Bonchev–Trinajstić information content (AvgIpc) is 2.70. The number of amides is 1. The summed E-state index contributed by atoms with van der Waals surface area (Å²) in [5, 5.41) is 1.17. The van der Waals surface area contributed by atoms with E-state index in [4.69, 9.17) is 28.9 Å². The second kappa shape index (κ2) is 5.00. The van der Waals surface area contributed by atoms with Crippen LogP contribution < -0.4 is 10.6 Å². The van der Waals surface area contributed by atoms with Gasteiger partial charge >= 0.3 is 0 Å². The summed E-state index contributed by atoms with van der Waals surface area (Å²) in [6.07, 6.45) is 0.386. The van der Waals surface area contributed by atoms with Crippen LogP contribution in [0.4, 0.5) is 11.4 Å². The zero-order valence-corrected chi connectivity index (χ0v) is 12.1. The summed E-state index contributed by atoms with van der Waals surface area (Å²) in [5.74, 6) is 0.0292. The quantitative estimate of drug-likeness (QED) is 0.861. The molecule has 1 amide bonds. The molecule has 2 N–H and O–H groups in total. The van der Waals surface area contributed by atoms with Gasteiger partial charge in [0.25, 0.3) is 0 Å². The Labute approximate surface area is 126 Å². The molecule has 1 aliphatic rings. The minimum absolute atomic E-state index is 0.0292. The number of nitrogens with two attached hydrogens (primary N) is 1. The minimum Gasteiger partial charge on any atom is -0.398 e. The summed E-state index contributed by atoms with van der Waals surface area (Å²) in [6, 6.07) is 10.8. The van der Waals surface area contributed by atoms with Crippen molar-refractivity contribution in [2.24, 2.45) is 0 Å². The van der Waals surface area contributed by atoms with Crippen LogP contribution in [0.15, 0.2) is 36.4 Å². The van der Waals surface area contributed by atoms with Crippen molar-refractivity contribution in [1.82, 2.24) is 0 Å². The molecule has 2 aromatic rings. The lowest BCUT2D eigenvalue weighted by molar-refractivity contribution is -0.117.